The zero-order valence-electron chi connectivity index (χ0n) is 14.1. The highest BCUT2D eigenvalue weighted by atomic mass is 19.1. The van der Waals surface area contributed by atoms with E-state index in [9.17, 15) is 4.39 Å². The maximum Gasteiger partial charge on any atom is 0.127 e. The van der Waals surface area contributed by atoms with E-state index >= 15 is 0 Å². The van der Waals surface area contributed by atoms with Gasteiger partial charge in [0, 0.05) is 11.5 Å². The summed E-state index contributed by atoms with van der Waals surface area (Å²) in [5.41, 5.74) is 5.33. The molecule has 0 aliphatic heterocycles. The smallest absolute Gasteiger partial charge is 0.127 e. The lowest BCUT2D eigenvalue weighted by atomic mass is 9.87. The van der Waals surface area contributed by atoms with E-state index < -0.39 is 0 Å². The highest BCUT2D eigenvalue weighted by molar-refractivity contribution is 5.78. The largest absolute Gasteiger partial charge is 0.207 e. The minimum atomic E-state index is -0.120. The normalized spacial score (nSPS) is 17.2. The van der Waals surface area contributed by atoms with Crippen molar-refractivity contribution >= 4 is 5.57 Å². The van der Waals surface area contributed by atoms with Crippen LogP contribution >= 0.6 is 0 Å². The third-order valence-corrected chi connectivity index (χ3v) is 4.59. The molecular weight excluding hydrogens is 295 g/mol. The Bertz CT molecular complexity index is 761. The first kappa shape index (κ1) is 16.4. The summed E-state index contributed by atoms with van der Waals surface area (Å²) >= 11 is 0. The molecule has 0 fully saturated rings. The molecule has 0 saturated carbocycles. The van der Waals surface area contributed by atoms with Crippen molar-refractivity contribution in [2.24, 2.45) is 0 Å². The van der Waals surface area contributed by atoms with E-state index in [0.717, 1.165) is 24.8 Å². The number of hydrogen-bond acceptors (Lipinski definition) is 0. The molecule has 24 heavy (non-hydrogen) atoms. The molecule has 2 aromatic carbocycles. The molecule has 1 unspecified atom stereocenters. The van der Waals surface area contributed by atoms with Crippen LogP contribution in [-0.4, -0.2) is 0 Å². The average Bonchev–Trinajstić information content (AvgIpc) is 2.61. The molecule has 0 N–H and O–H groups in total. The van der Waals surface area contributed by atoms with Crippen LogP contribution in [0.15, 0.2) is 79.2 Å². The summed E-state index contributed by atoms with van der Waals surface area (Å²) in [6.45, 7) is 5.80. The van der Waals surface area contributed by atoms with E-state index in [1.54, 1.807) is 6.08 Å². The topological polar surface area (TPSA) is 0 Å². The molecule has 0 heterocycles. The highest BCUT2D eigenvalue weighted by Crippen LogP contribution is 2.36. The molecule has 0 nitrogen and oxygen atoms in total. The summed E-state index contributed by atoms with van der Waals surface area (Å²) in [6.07, 6.45) is 8.55. The highest BCUT2D eigenvalue weighted by Gasteiger charge is 2.18. The molecule has 0 saturated heterocycles. The predicted octanol–water partition coefficient (Wildman–Crippen LogP) is 6.54. The van der Waals surface area contributed by atoms with Crippen molar-refractivity contribution in [2.75, 3.05) is 0 Å². The molecule has 0 amide bonds. The zero-order chi connectivity index (χ0) is 16.9. The van der Waals surface area contributed by atoms with Gasteiger partial charge in [-0.3, -0.25) is 0 Å². The van der Waals surface area contributed by atoms with Gasteiger partial charge >= 0.3 is 0 Å². The number of benzene rings is 2. The standard InChI is InChI=1S/C23H23F/c1-3-4-5-18-8-12-19(13-9-18)21-14-15-22(23(24)16-21)20-10-6-17(2)7-11-20/h3,6-13,15-16,21H,1,4-5,14H2,2H3. The van der Waals surface area contributed by atoms with Gasteiger partial charge in [0.05, 0.1) is 0 Å². The number of hydrogen-bond donors (Lipinski definition) is 0. The first-order chi connectivity index (χ1) is 11.7. The molecular formula is C23H23F. The molecule has 1 heteroatoms. The van der Waals surface area contributed by atoms with Crippen LogP contribution < -0.4 is 0 Å². The van der Waals surface area contributed by atoms with Crippen LogP contribution in [0, 0.1) is 6.92 Å². The number of halogens is 1. The first-order valence-electron chi connectivity index (χ1n) is 8.52. The van der Waals surface area contributed by atoms with Crippen LogP contribution in [0.3, 0.4) is 0 Å². The summed E-state index contributed by atoms with van der Waals surface area (Å²) < 4.78 is 14.6. The van der Waals surface area contributed by atoms with Crippen LogP contribution in [0.25, 0.3) is 5.57 Å². The van der Waals surface area contributed by atoms with Crippen molar-refractivity contribution in [2.45, 2.75) is 32.1 Å². The zero-order valence-corrected chi connectivity index (χ0v) is 14.1. The van der Waals surface area contributed by atoms with Crippen molar-refractivity contribution in [3.63, 3.8) is 0 Å². The lowest BCUT2D eigenvalue weighted by Gasteiger charge is -2.19. The number of rotatable bonds is 5. The van der Waals surface area contributed by atoms with Crippen LogP contribution in [0.1, 0.15) is 41.0 Å². The van der Waals surface area contributed by atoms with Gasteiger partial charge in [-0.25, -0.2) is 4.39 Å². The fourth-order valence-electron chi connectivity index (χ4n) is 3.10. The van der Waals surface area contributed by atoms with Crippen molar-refractivity contribution < 1.29 is 4.39 Å². The molecule has 2 aromatic rings. The summed E-state index contributed by atoms with van der Waals surface area (Å²) in [5, 5.41) is 0. The van der Waals surface area contributed by atoms with Gasteiger partial charge < -0.3 is 0 Å². The summed E-state index contributed by atoms with van der Waals surface area (Å²) in [7, 11) is 0. The van der Waals surface area contributed by atoms with E-state index in [1.807, 2.05) is 43.3 Å². The third kappa shape index (κ3) is 3.73. The third-order valence-electron chi connectivity index (χ3n) is 4.59. The van der Waals surface area contributed by atoms with Gasteiger partial charge in [-0.05, 0) is 49.0 Å². The molecule has 122 valence electrons. The molecule has 0 aromatic heterocycles. The quantitative estimate of drug-likeness (QED) is 0.549. The molecule has 1 atom stereocenters. The number of aryl methyl sites for hydroxylation is 2. The second-order valence-corrected chi connectivity index (χ2v) is 6.41. The van der Waals surface area contributed by atoms with Crippen molar-refractivity contribution in [3.05, 3.63) is 101 Å². The van der Waals surface area contributed by atoms with Gasteiger partial charge in [0.15, 0.2) is 0 Å². The minimum absolute atomic E-state index is 0.118. The summed E-state index contributed by atoms with van der Waals surface area (Å²) in [6, 6.07) is 16.6. The summed E-state index contributed by atoms with van der Waals surface area (Å²) in [5.74, 6) is -0.00140. The van der Waals surface area contributed by atoms with E-state index in [4.69, 9.17) is 0 Å². The second kappa shape index (κ2) is 7.44. The Morgan fingerprint density at radius 2 is 1.79 bits per heavy atom. The van der Waals surface area contributed by atoms with E-state index in [-0.39, 0.29) is 11.7 Å². The van der Waals surface area contributed by atoms with E-state index in [0.29, 0.717) is 5.57 Å². The van der Waals surface area contributed by atoms with Crippen LogP contribution in [0.5, 0.6) is 0 Å². The van der Waals surface area contributed by atoms with Crippen molar-refractivity contribution in [1.82, 2.24) is 0 Å². The Morgan fingerprint density at radius 1 is 1.08 bits per heavy atom. The van der Waals surface area contributed by atoms with Crippen LogP contribution in [0.4, 0.5) is 4.39 Å². The Kier molecular flexibility index (Phi) is 5.10. The Balaban J connectivity index is 1.74. The Hall–Kier alpha value is -2.41. The molecule has 3 rings (SSSR count). The van der Waals surface area contributed by atoms with Crippen LogP contribution in [0.2, 0.25) is 0 Å². The van der Waals surface area contributed by atoms with Gasteiger partial charge in [0.1, 0.15) is 5.83 Å². The van der Waals surface area contributed by atoms with Gasteiger partial charge in [-0.15, -0.1) is 6.58 Å². The van der Waals surface area contributed by atoms with Gasteiger partial charge in [0.25, 0.3) is 0 Å². The monoisotopic (exact) mass is 318 g/mol. The van der Waals surface area contributed by atoms with E-state index in [2.05, 4.69) is 30.8 Å². The van der Waals surface area contributed by atoms with Gasteiger partial charge in [0.2, 0.25) is 0 Å². The fraction of sp³-hybridized carbons (Fsp3) is 0.217. The maximum absolute atomic E-state index is 14.6. The number of allylic oxidation sites excluding steroid dienone is 5. The molecule has 1 aliphatic carbocycles. The lowest BCUT2D eigenvalue weighted by molar-refractivity contribution is 0.648. The van der Waals surface area contributed by atoms with Crippen molar-refractivity contribution in [3.8, 4) is 0 Å². The SMILES string of the molecule is C=CCCc1ccc(C2C=C(F)C(c3ccc(C)cc3)=CC2)cc1. The van der Waals surface area contributed by atoms with Crippen molar-refractivity contribution in [1.29, 1.82) is 0 Å². The Labute approximate surface area is 144 Å². The Morgan fingerprint density at radius 3 is 2.42 bits per heavy atom. The minimum Gasteiger partial charge on any atom is -0.207 e. The average molecular weight is 318 g/mol. The molecule has 0 bridgehead atoms. The second-order valence-electron chi connectivity index (χ2n) is 6.41. The summed E-state index contributed by atoms with van der Waals surface area (Å²) in [4.78, 5) is 0. The molecule has 0 spiro atoms. The fourth-order valence-corrected chi connectivity index (χ4v) is 3.10. The van der Waals surface area contributed by atoms with Gasteiger partial charge in [-0.2, -0.15) is 0 Å². The predicted molar refractivity (Wildman–Crippen MR) is 101 cm³/mol. The van der Waals surface area contributed by atoms with Gasteiger partial charge in [-0.1, -0.05) is 66.2 Å². The molecule has 1 aliphatic rings. The maximum atomic E-state index is 14.6. The first-order valence-corrected chi connectivity index (χ1v) is 8.52. The van der Waals surface area contributed by atoms with Crippen LogP contribution in [-0.2, 0) is 6.42 Å². The lowest BCUT2D eigenvalue weighted by Crippen LogP contribution is -2.02. The van der Waals surface area contributed by atoms with E-state index in [1.165, 1.54) is 16.7 Å². The molecule has 0 radical (unpaired) electrons.